The van der Waals surface area contributed by atoms with E-state index in [2.05, 4.69) is 15.9 Å². The van der Waals surface area contributed by atoms with Gasteiger partial charge in [-0.25, -0.2) is 4.39 Å². The second kappa shape index (κ2) is 7.41. The molecule has 0 fully saturated rings. The van der Waals surface area contributed by atoms with Crippen LogP contribution in [0.5, 0.6) is 5.75 Å². The second-order valence-corrected chi connectivity index (χ2v) is 5.35. The van der Waals surface area contributed by atoms with Gasteiger partial charge in [0.2, 0.25) is 0 Å². The van der Waals surface area contributed by atoms with Gasteiger partial charge in [0.1, 0.15) is 18.2 Å². The molecule has 2 nitrogen and oxygen atoms in total. The van der Waals surface area contributed by atoms with Crippen LogP contribution in [0.25, 0.3) is 0 Å². The van der Waals surface area contributed by atoms with Gasteiger partial charge < -0.3 is 9.47 Å². The van der Waals surface area contributed by atoms with Gasteiger partial charge in [-0.15, -0.1) is 0 Å². The van der Waals surface area contributed by atoms with E-state index in [0.717, 1.165) is 5.56 Å². The van der Waals surface area contributed by atoms with E-state index < -0.39 is 0 Å². The first-order valence-electron chi connectivity index (χ1n) is 6.38. The third-order valence-corrected chi connectivity index (χ3v) is 3.40. The van der Waals surface area contributed by atoms with Crippen molar-refractivity contribution in [3.8, 4) is 5.75 Å². The summed E-state index contributed by atoms with van der Waals surface area (Å²) in [6, 6.07) is 14.6. The maximum atomic E-state index is 13.3. The smallest absolute Gasteiger partial charge is 0.141 e. The molecule has 0 heterocycles. The van der Waals surface area contributed by atoms with E-state index in [1.54, 1.807) is 12.1 Å². The Balaban J connectivity index is 1.77. The molecule has 0 saturated heterocycles. The zero-order chi connectivity index (χ0) is 14.4. The Bertz CT molecular complexity index is 545. The van der Waals surface area contributed by atoms with E-state index in [4.69, 9.17) is 9.47 Å². The van der Waals surface area contributed by atoms with Crippen molar-refractivity contribution in [1.29, 1.82) is 0 Å². The summed E-state index contributed by atoms with van der Waals surface area (Å²) >= 11 is 3.10. The SMILES string of the molecule is CC(COc1ccc(Br)c(F)c1)OCc1ccccc1. The fourth-order valence-electron chi connectivity index (χ4n) is 1.64. The summed E-state index contributed by atoms with van der Waals surface area (Å²) in [5, 5.41) is 0. The van der Waals surface area contributed by atoms with E-state index in [0.29, 0.717) is 23.4 Å². The standard InChI is InChI=1S/C16H16BrFO2/c1-12(19-11-13-5-3-2-4-6-13)10-20-14-7-8-15(17)16(18)9-14/h2-9,12H,10-11H2,1H3. The van der Waals surface area contributed by atoms with Crippen LogP contribution in [0.3, 0.4) is 0 Å². The average molecular weight is 339 g/mol. The van der Waals surface area contributed by atoms with Crippen LogP contribution < -0.4 is 4.74 Å². The number of hydrogen-bond acceptors (Lipinski definition) is 2. The van der Waals surface area contributed by atoms with Crippen LogP contribution >= 0.6 is 15.9 Å². The van der Waals surface area contributed by atoms with Crippen LogP contribution in [0.4, 0.5) is 4.39 Å². The van der Waals surface area contributed by atoms with Crippen molar-refractivity contribution in [3.63, 3.8) is 0 Å². The first kappa shape index (κ1) is 15.0. The van der Waals surface area contributed by atoms with Crippen LogP contribution in [0.1, 0.15) is 12.5 Å². The Kier molecular flexibility index (Phi) is 5.56. The molecule has 0 radical (unpaired) electrons. The largest absolute Gasteiger partial charge is 0.491 e. The number of rotatable bonds is 6. The Labute approximate surface area is 126 Å². The molecule has 0 amide bonds. The molecule has 20 heavy (non-hydrogen) atoms. The minimum atomic E-state index is -0.333. The quantitative estimate of drug-likeness (QED) is 0.767. The lowest BCUT2D eigenvalue weighted by Gasteiger charge is -2.14. The summed E-state index contributed by atoms with van der Waals surface area (Å²) in [7, 11) is 0. The minimum absolute atomic E-state index is 0.0677. The zero-order valence-electron chi connectivity index (χ0n) is 11.2. The number of ether oxygens (including phenoxy) is 2. The Morgan fingerprint density at radius 3 is 2.60 bits per heavy atom. The van der Waals surface area contributed by atoms with Crippen LogP contribution in [0.2, 0.25) is 0 Å². The molecule has 0 saturated carbocycles. The average Bonchev–Trinajstić information content (AvgIpc) is 2.47. The van der Waals surface area contributed by atoms with Gasteiger partial charge in [-0.05, 0) is 40.5 Å². The fourth-order valence-corrected chi connectivity index (χ4v) is 1.89. The molecule has 2 aromatic rings. The fraction of sp³-hybridized carbons (Fsp3) is 0.250. The Morgan fingerprint density at radius 1 is 1.15 bits per heavy atom. The van der Waals surface area contributed by atoms with Gasteiger partial charge >= 0.3 is 0 Å². The van der Waals surface area contributed by atoms with Crippen LogP contribution in [0, 0.1) is 5.82 Å². The van der Waals surface area contributed by atoms with Gasteiger partial charge in [0.15, 0.2) is 0 Å². The highest BCUT2D eigenvalue weighted by Gasteiger charge is 2.06. The normalized spacial score (nSPS) is 12.2. The van der Waals surface area contributed by atoms with E-state index in [9.17, 15) is 4.39 Å². The van der Waals surface area contributed by atoms with Gasteiger partial charge in [0.25, 0.3) is 0 Å². The van der Waals surface area contributed by atoms with Crippen molar-refractivity contribution in [2.24, 2.45) is 0 Å². The summed E-state index contributed by atoms with van der Waals surface area (Å²) in [5.41, 5.74) is 1.12. The van der Waals surface area contributed by atoms with Crippen molar-refractivity contribution in [2.75, 3.05) is 6.61 Å². The van der Waals surface area contributed by atoms with Crippen molar-refractivity contribution in [2.45, 2.75) is 19.6 Å². The lowest BCUT2D eigenvalue weighted by Crippen LogP contribution is -2.18. The molecule has 0 aliphatic carbocycles. The Hall–Kier alpha value is -1.39. The van der Waals surface area contributed by atoms with Crippen molar-refractivity contribution in [1.82, 2.24) is 0 Å². The van der Waals surface area contributed by atoms with Gasteiger partial charge in [0, 0.05) is 6.07 Å². The molecule has 0 aromatic heterocycles. The highest BCUT2D eigenvalue weighted by Crippen LogP contribution is 2.21. The lowest BCUT2D eigenvalue weighted by atomic mass is 10.2. The molecular weight excluding hydrogens is 323 g/mol. The molecule has 0 N–H and O–H groups in total. The second-order valence-electron chi connectivity index (χ2n) is 4.49. The van der Waals surface area contributed by atoms with E-state index in [1.807, 2.05) is 37.3 Å². The van der Waals surface area contributed by atoms with Crippen LogP contribution in [-0.4, -0.2) is 12.7 Å². The summed E-state index contributed by atoms with van der Waals surface area (Å²) in [6.07, 6.45) is -0.0677. The van der Waals surface area contributed by atoms with Crippen LogP contribution in [0.15, 0.2) is 53.0 Å². The molecule has 2 rings (SSSR count). The van der Waals surface area contributed by atoms with Crippen molar-refractivity contribution in [3.05, 3.63) is 64.4 Å². The van der Waals surface area contributed by atoms with E-state index in [1.165, 1.54) is 6.07 Å². The zero-order valence-corrected chi connectivity index (χ0v) is 12.8. The molecule has 0 aliphatic heterocycles. The summed E-state index contributed by atoms with van der Waals surface area (Å²) in [6.45, 7) is 2.85. The molecule has 106 valence electrons. The van der Waals surface area contributed by atoms with E-state index >= 15 is 0 Å². The van der Waals surface area contributed by atoms with Crippen molar-refractivity contribution < 1.29 is 13.9 Å². The molecule has 4 heteroatoms. The minimum Gasteiger partial charge on any atom is -0.491 e. The molecule has 0 aliphatic rings. The molecule has 0 bridgehead atoms. The third-order valence-electron chi connectivity index (χ3n) is 2.75. The maximum absolute atomic E-state index is 13.3. The molecule has 0 spiro atoms. The summed E-state index contributed by atoms with van der Waals surface area (Å²) in [5.74, 6) is 0.168. The number of hydrogen-bond donors (Lipinski definition) is 0. The summed E-state index contributed by atoms with van der Waals surface area (Å²) < 4.78 is 24.9. The molecule has 1 atom stereocenters. The lowest BCUT2D eigenvalue weighted by molar-refractivity contribution is 0.0213. The highest BCUT2D eigenvalue weighted by atomic mass is 79.9. The monoisotopic (exact) mass is 338 g/mol. The summed E-state index contributed by atoms with van der Waals surface area (Å²) in [4.78, 5) is 0. The van der Waals surface area contributed by atoms with E-state index in [-0.39, 0.29) is 11.9 Å². The number of halogens is 2. The van der Waals surface area contributed by atoms with Crippen LogP contribution in [-0.2, 0) is 11.3 Å². The van der Waals surface area contributed by atoms with Gasteiger partial charge in [-0.3, -0.25) is 0 Å². The predicted molar refractivity (Wildman–Crippen MR) is 80.3 cm³/mol. The van der Waals surface area contributed by atoms with Gasteiger partial charge in [-0.2, -0.15) is 0 Å². The Morgan fingerprint density at radius 2 is 1.90 bits per heavy atom. The van der Waals surface area contributed by atoms with Gasteiger partial charge in [0.05, 0.1) is 17.2 Å². The van der Waals surface area contributed by atoms with Crippen molar-refractivity contribution >= 4 is 15.9 Å². The predicted octanol–water partition coefficient (Wildman–Crippen LogP) is 4.57. The third kappa shape index (κ3) is 4.62. The molecule has 1 unspecified atom stereocenters. The highest BCUT2D eigenvalue weighted by molar-refractivity contribution is 9.10. The molecular formula is C16H16BrFO2. The van der Waals surface area contributed by atoms with Gasteiger partial charge in [-0.1, -0.05) is 30.3 Å². The maximum Gasteiger partial charge on any atom is 0.141 e. The molecule has 2 aromatic carbocycles. The first-order chi connectivity index (χ1) is 9.65. The number of benzene rings is 2. The topological polar surface area (TPSA) is 18.5 Å². The first-order valence-corrected chi connectivity index (χ1v) is 7.18.